The number of rotatable bonds is 5. The molecule has 1 aliphatic rings. The average Bonchev–Trinajstić information content (AvgIpc) is 3.26. The third kappa shape index (κ3) is 4.31. The van der Waals surface area contributed by atoms with E-state index >= 15 is 0 Å². The summed E-state index contributed by atoms with van der Waals surface area (Å²) in [5.74, 6) is -2.46. The summed E-state index contributed by atoms with van der Waals surface area (Å²) >= 11 is 0. The molecule has 0 fully saturated rings. The molecule has 12 heteroatoms. The first-order valence-corrected chi connectivity index (χ1v) is 10.7. The van der Waals surface area contributed by atoms with Crippen molar-refractivity contribution in [2.75, 3.05) is 18.6 Å². The largest absolute Gasteiger partial charge is 0.486 e. The number of carbonyl (C=O) groups is 4. The fraction of sp³-hybridized carbons (Fsp3) is 0.167. The minimum absolute atomic E-state index is 0.00452. The van der Waals surface area contributed by atoms with Gasteiger partial charge in [-0.1, -0.05) is 30.3 Å². The molecule has 3 aromatic rings. The number of primary amides is 2. The van der Waals surface area contributed by atoms with E-state index in [1.165, 1.54) is 24.8 Å². The van der Waals surface area contributed by atoms with E-state index in [9.17, 15) is 23.6 Å². The molecule has 0 saturated heterocycles. The van der Waals surface area contributed by atoms with Crippen LogP contribution in [0.4, 0.5) is 19.7 Å². The molecule has 2 heterocycles. The van der Waals surface area contributed by atoms with Crippen molar-refractivity contribution in [1.29, 1.82) is 0 Å². The molecule has 1 aliphatic heterocycles. The van der Waals surface area contributed by atoms with Crippen molar-refractivity contribution in [2.24, 2.45) is 11.5 Å². The number of ether oxygens (including phenoxy) is 1. The predicted octanol–water partition coefficient (Wildman–Crippen LogP) is 2.22. The molecule has 0 spiro atoms. The van der Waals surface area contributed by atoms with Gasteiger partial charge in [-0.25, -0.2) is 28.8 Å². The van der Waals surface area contributed by atoms with Crippen molar-refractivity contribution >= 4 is 29.6 Å². The maximum absolute atomic E-state index is 14.1. The number of imide groups is 2. The van der Waals surface area contributed by atoms with Crippen molar-refractivity contribution in [3.63, 3.8) is 0 Å². The summed E-state index contributed by atoms with van der Waals surface area (Å²) in [5, 5.41) is 0. The molecule has 11 nitrogen and oxygen atoms in total. The van der Waals surface area contributed by atoms with Crippen LogP contribution in [0.2, 0.25) is 0 Å². The number of aromatic nitrogens is 2. The lowest BCUT2D eigenvalue weighted by Crippen LogP contribution is -2.41. The first-order chi connectivity index (χ1) is 17.2. The van der Waals surface area contributed by atoms with Crippen LogP contribution in [0, 0.1) is 0 Å². The Kier molecular flexibility index (Phi) is 6.59. The summed E-state index contributed by atoms with van der Waals surface area (Å²) in [5.41, 5.74) is 11.4. The Morgan fingerprint density at radius 1 is 1.00 bits per heavy atom. The maximum atomic E-state index is 14.1. The first-order valence-electron chi connectivity index (χ1n) is 10.7. The zero-order valence-electron chi connectivity index (χ0n) is 19.0. The zero-order chi connectivity index (χ0) is 26.0. The predicted molar refractivity (Wildman–Crippen MR) is 125 cm³/mol. The highest BCUT2D eigenvalue weighted by molar-refractivity contribution is 6.21. The molecule has 1 aromatic heterocycles. The molecular weight excluding hydrogens is 471 g/mol. The van der Waals surface area contributed by atoms with E-state index in [1.54, 1.807) is 30.3 Å². The van der Waals surface area contributed by atoms with Gasteiger partial charge in [0.05, 0.1) is 29.6 Å². The number of anilines is 1. The summed E-state index contributed by atoms with van der Waals surface area (Å²) < 4.78 is 19.9. The van der Waals surface area contributed by atoms with E-state index in [4.69, 9.17) is 16.2 Å². The van der Waals surface area contributed by atoms with Crippen molar-refractivity contribution < 1.29 is 28.3 Å². The topological polar surface area (TPSA) is 162 Å². The lowest BCUT2D eigenvalue weighted by molar-refractivity contribution is 0.0831. The minimum Gasteiger partial charge on any atom is -0.486 e. The highest BCUT2D eigenvalue weighted by Crippen LogP contribution is 2.45. The second-order valence-corrected chi connectivity index (χ2v) is 7.92. The third-order valence-electron chi connectivity index (χ3n) is 5.75. The zero-order valence-corrected chi connectivity index (χ0v) is 19.0. The summed E-state index contributed by atoms with van der Waals surface area (Å²) in [6.07, 6.45) is 2.63. The lowest BCUT2D eigenvalue weighted by Gasteiger charge is -2.20. The van der Waals surface area contributed by atoms with Gasteiger partial charge >= 0.3 is 12.1 Å². The normalized spacial score (nSPS) is 15.9. The van der Waals surface area contributed by atoms with Crippen LogP contribution in [0.3, 0.4) is 0 Å². The van der Waals surface area contributed by atoms with Gasteiger partial charge in [0.25, 0.3) is 11.8 Å². The number of amides is 6. The molecule has 36 heavy (non-hydrogen) atoms. The first kappa shape index (κ1) is 24.3. The number of nitrogens with two attached hydrogens (primary N) is 2. The van der Waals surface area contributed by atoms with Crippen LogP contribution in [0.5, 0.6) is 5.75 Å². The molecule has 0 unspecified atom stereocenters. The fourth-order valence-electron chi connectivity index (χ4n) is 4.05. The van der Waals surface area contributed by atoms with Gasteiger partial charge in [0.1, 0.15) is 24.9 Å². The van der Waals surface area contributed by atoms with Crippen LogP contribution in [0.1, 0.15) is 37.8 Å². The van der Waals surface area contributed by atoms with Crippen molar-refractivity contribution in [2.45, 2.75) is 12.0 Å². The average molecular weight is 492 g/mol. The number of alkyl halides is 1. The van der Waals surface area contributed by atoms with Gasteiger partial charge in [-0.05, 0) is 17.7 Å². The molecule has 6 amide bonds. The molecule has 0 radical (unpaired) electrons. The van der Waals surface area contributed by atoms with Crippen LogP contribution >= 0.6 is 0 Å². The minimum atomic E-state index is -1.12. The van der Waals surface area contributed by atoms with Crippen LogP contribution in [0.15, 0.2) is 61.2 Å². The highest BCUT2D eigenvalue weighted by Gasteiger charge is 2.40. The van der Waals surface area contributed by atoms with Gasteiger partial charge < -0.3 is 16.2 Å². The Labute approximate surface area is 204 Å². The number of benzene rings is 2. The summed E-state index contributed by atoms with van der Waals surface area (Å²) in [6.45, 7) is -0.897. The molecule has 2 atom stereocenters. The third-order valence-corrected chi connectivity index (χ3v) is 5.75. The van der Waals surface area contributed by atoms with Gasteiger partial charge in [-0.2, -0.15) is 0 Å². The lowest BCUT2D eigenvalue weighted by atomic mass is 9.86. The molecule has 0 bridgehead atoms. The molecule has 184 valence electrons. The van der Waals surface area contributed by atoms with Gasteiger partial charge in [-0.15, -0.1) is 0 Å². The number of urea groups is 2. The SMILES string of the molecule is CN(C(N)=O)C(=O)c1cc(C(=O)N(C(N)=O)c2cncnc2)cc2c1O[C@H](CF)[C@H]2c1ccccc1. The van der Waals surface area contributed by atoms with E-state index in [0.717, 1.165) is 13.1 Å². The molecule has 4 rings (SSSR count). The van der Waals surface area contributed by atoms with E-state index < -0.39 is 42.6 Å². The number of hydrogen-bond acceptors (Lipinski definition) is 7. The van der Waals surface area contributed by atoms with Crippen molar-refractivity contribution in [3.8, 4) is 5.75 Å². The Morgan fingerprint density at radius 2 is 1.67 bits per heavy atom. The molecule has 2 aromatic carbocycles. The van der Waals surface area contributed by atoms with E-state index in [-0.39, 0.29) is 22.6 Å². The van der Waals surface area contributed by atoms with Crippen LogP contribution in [0.25, 0.3) is 0 Å². The molecular formula is C24H21FN6O5. The van der Waals surface area contributed by atoms with E-state index in [0.29, 0.717) is 20.9 Å². The van der Waals surface area contributed by atoms with Crippen LogP contribution < -0.4 is 21.1 Å². The second kappa shape index (κ2) is 9.78. The number of nitrogens with zero attached hydrogens (tertiary/aromatic N) is 4. The molecule has 0 aliphatic carbocycles. The smallest absolute Gasteiger partial charge is 0.326 e. The standard InChI is InChI=1S/C24H21FN6O5/c1-30(23(26)34)22(33)17-8-14(21(32)31(24(27)35)15-10-28-12-29-11-15)7-16-19(13-5-3-2-4-6-13)18(9-25)36-20(16)17/h2-8,10-12,18-19H,9H2,1H3,(H2,26,34)(H2,27,35)/t18-,19+/m1/s1. The summed E-state index contributed by atoms with van der Waals surface area (Å²) in [4.78, 5) is 59.4. The number of hydrogen-bond donors (Lipinski definition) is 2. The molecule has 4 N–H and O–H groups in total. The Balaban J connectivity index is 1.92. The maximum Gasteiger partial charge on any atom is 0.326 e. The van der Waals surface area contributed by atoms with Crippen molar-refractivity contribution in [1.82, 2.24) is 14.9 Å². The van der Waals surface area contributed by atoms with Gasteiger partial charge in [0, 0.05) is 18.2 Å². The Bertz CT molecular complexity index is 1340. The highest BCUT2D eigenvalue weighted by atomic mass is 19.1. The van der Waals surface area contributed by atoms with Crippen LogP contribution in [-0.4, -0.2) is 58.6 Å². The number of carbonyl (C=O) groups excluding carboxylic acids is 4. The van der Waals surface area contributed by atoms with Crippen LogP contribution in [-0.2, 0) is 0 Å². The van der Waals surface area contributed by atoms with E-state index in [2.05, 4.69) is 9.97 Å². The second-order valence-electron chi connectivity index (χ2n) is 7.92. The van der Waals surface area contributed by atoms with Gasteiger partial charge in [0.15, 0.2) is 0 Å². The van der Waals surface area contributed by atoms with Gasteiger partial charge in [-0.3, -0.25) is 14.5 Å². The van der Waals surface area contributed by atoms with E-state index in [1.807, 2.05) is 0 Å². The molecule has 0 saturated carbocycles. The monoisotopic (exact) mass is 492 g/mol. The Morgan fingerprint density at radius 3 is 2.25 bits per heavy atom. The summed E-state index contributed by atoms with van der Waals surface area (Å²) in [7, 11) is 1.15. The van der Waals surface area contributed by atoms with Crippen molar-refractivity contribution in [3.05, 3.63) is 83.4 Å². The van der Waals surface area contributed by atoms with Gasteiger partial charge in [0.2, 0.25) is 0 Å². The number of halogens is 1. The Hall–Kier alpha value is -4.87. The summed E-state index contributed by atoms with van der Waals surface area (Å²) in [6, 6.07) is 9.21. The fourth-order valence-corrected chi connectivity index (χ4v) is 4.05. The quantitative estimate of drug-likeness (QED) is 0.552. The number of fused-ring (bicyclic) bond motifs is 1.